The molecule has 104 valence electrons. The highest BCUT2D eigenvalue weighted by Gasteiger charge is 2.22. The number of nitrogens with one attached hydrogen (secondary N) is 1. The topological polar surface area (TPSA) is 49.4 Å². The van der Waals surface area contributed by atoms with Crippen LogP contribution < -0.4 is 5.32 Å². The van der Waals surface area contributed by atoms with Crippen molar-refractivity contribution < 1.29 is 8.42 Å². The SMILES string of the molecule is CCNCCCCS(=O)(=O)N(C)CC(C)(C)C. The van der Waals surface area contributed by atoms with Gasteiger partial charge in [-0.25, -0.2) is 12.7 Å². The molecule has 0 radical (unpaired) electrons. The second kappa shape index (κ2) is 7.34. The lowest BCUT2D eigenvalue weighted by Crippen LogP contribution is -2.36. The lowest BCUT2D eigenvalue weighted by molar-refractivity contribution is 0.310. The first kappa shape index (κ1) is 16.9. The molecule has 17 heavy (non-hydrogen) atoms. The van der Waals surface area contributed by atoms with E-state index in [4.69, 9.17) is 0 Å². The van der Waals surface area contributed by atoms with E-state index < -0.39 is 10.0 Å². The van der Waals surface area contributed by atoms with Crippen molar-refractivity contribution in [3.8, 4) is 0 Å². The minimum atomic E-state index is -3.08. The monoisotopic (exact) mass is 264 g/mol. The predicted molar refractivity (Wildman–Crippen MR) is 73.6 cm³/mol. The zero-order valence-electron chi connectivity index (χ0n) is 11.9. The average Bonchev–Trinajstić information content (AvgIpc) is 2.14. The summed E-state index contributed by atoms with van der Waals surface area (Å²) in [6.07, 6.45) is 1.64. The fraction of sp³-hybridized carbons (Fsp3) is 1.00. The van der Waals surface area contributed by atoms with Crippen molar-refractivity contribution in [3.05, 3.63) is 0 Å². The van der Waals surface area contributed by atoms with Gasteiger partial charge < -0.3 is 5.32 Å². The molecule has 0 aliphatic rings. The summed E-state index contributed by atoms with van der Waals surface area (Å²) in [5, 5.41) is 3.19. The standard InChI is InChI=1S/C12H28N2O2S/c1-6-13-9-7-8-10-17(15,16)14(5)11-12(2,3)4/h13H,6-11H2,1-5H3. The van der Waals surface area contributed by atoms with Gasteiger partial charge in [0.15, 0.2) is 0 Å². The summed E-state index contributed by atoms with van der Waals surface area (Å²) in [7, 11) is -1.40. The van der Waals surface area contributed by atoms with Crippen LogP contribution in [0.25, 0.3) is 0 Å². The molecule has 0 aliphatic carbocycles. The minimum Gasteiger partial charge on any atom is -0.317 e. The van der Waals surface area contributed by atoms with Gasteiger partial charge >= 0.3 is 0 Å². The number of unbranched alkanes of at least 4 members (excludes halogenated alkanes) is 1. The smallest absolute Gasteiger partial charge is 0.213 e. The summed E-state index contributed by atoms with van der Waals surface area (Å²) < 4.78 is 25.4. The molecule has 0 aromatic heterocycles. The van der Waals surface area contributed by atoms with Gasteiger partial charge in [0.1, 0.15) is 0 Å². The van der Waals surface area contributed by atoms with Crippen LogP contribution in [0, 0.1) is 5.41 Å². The van der Waals surface area contributed by atoms with Crippen molar-refractivity contribution >= 4 is 10.0 Å². The number of sulfonamides is 1. The Bertz CT molecular complexity index is 294. The Balaban J connectivity index is 4.02. The fourth-order valence-corrected chi connectivity index (χ4v) is 3.10. The van der Waals surface area contributed by atoms with Gasteiger partial charge in [-0.15, -0.1) is 0 Å². The molecule has 0 unspecified atom stereocenters. The van der Waals surface area contributed by atoms with Crippen LogP contribution in [0.3, 0.4) is 0 Å². The Morgan fingerprint density at radius 1 is 1.18 bits per heavy atom. The van der Waals surface area contributed by atoms with E-state index in [1.165, 1.54) is 4.31 Å². The highest BCUT2D eigenvalue weighted by molar-refractivity contribution is 7.89. The molecular weight excluding hydrogens is 236 g/mol. The molecule has 0 bridgehead atoms. The molecule has 0 aromatic rings. The second-order valence-corrected chi connectivity index (χ2v) is 7.89. The summed E-state index contributed by atoms with van der Waals surface area (Å²) in [6.45, 7) is 10.6. The lowest BCUT2D eigenvalue weighted by Gasteiger charge is -2.26. The zero-order chi connectivity index (χ0) is 13.5. The Morgan fingerprint density at radius 2 is 1.76 bits per heavy atom. The molecule has 0 amide bonds. The molecule has 0 heterocycles. The van der Waals surface area contributed by atoms with Crippen molar-refractivity contribution in [1.29, 1.82) is 0 Å². The number of hydrogen-bond donors (Lipinski definition) is 1. The maximum absolute atomic E-state index is 11.9. The van der Waals surface area contributed by atoms with Crippen molar-refractivity contribution in [1.82, 2.24) is 9.62 Å². The van der Waals surface area contributed by atoms with Gasteiger partial charge in [-0.3, -0.25) is 0 Å². The quantitative estimate of drug-likeness (QED) is 0.679. The van der Waals surface area contributed by atoms with Crippen LogP contribution >= 0.6 is 0 Å². The third-order valence-corrected chi connectivity index (χ3v) is 4.31. The molecule has 0 spiro atoms. The summed E-state index contributed by atoms with van der Waals surface area (Å²) in [6, 6.07) is 0. The van der Waals surface area contributed by atoms with Crippen molar-refractivity contribution in [2.45, 2.75) is 40.5 Å². The van der Waals surface area contributed by atoms with E-state index in [-0.39, 0.29) is 11.2 Å². The van der Waals surface area contributed by atoms with Gasteiger partial charge in [-0.05, 0) is 31.3 Å². The van der Waals surface area contributed by atoms with Crippen LogP contribution in [0.4, 0.5) is 0 Å². The maximum Gasteiger partial charge on any atom is 0.213 e. The van der Waals surface area contributed by atoms with Crippen LogP contribution in [-0.2, 0) is 10.0 Å². The van der Waals surface area contributed by atoms with Gasteiger partial charge in [0.05, 0.1) is 5.75 Å². The molecule has 0 fully saturated rings. The number of rotatable bonds is 8. The molecule has 1 N–H and O–H groups in total. The molecule has 4 nitrogen and oxygen atoms in total. The first-order valence-corrected chi connectivity index (χ1v) is 7.94. The molecule has 0 saturated carbocycles. The van der Waals surface area contributed by atoms with Gasteiger partial charge in [-0.2, -0.15) is 0 Å². The first-order chi connectivity index (χ1) is 7.69. The van der Waals surface area contributed by atoms with Gasteiger partial charge in [0, 0.05) is 13.6 Å². The van der Waals surface area contributed by atoms with E-state index >= 15 is 0 Å². The zero-order valence-corrected chi connectivity index (χ0v) is 12.7. The molecule has 0 atom stereocenters. The number of nitrogens with zero attached hydrogens (tertiary/aromatic N) is 1. The van der Waals surface area contributed by atoms with Crippen LogP contribution in [0.15, 0.2) is 0 Å². The van der Waals surface area contributed by atoms with E-state index in [1.54, 1.807) is 7.05 Å². The predicted octanol–water partition coefficient (Wildman–Crippen LogP) is 1.68. The summed E-state index contributed by atoms with van der Waals surface area (Å²) in [5.41, 5.74) is 0.00554. The number of hydrogen-bond acceptors (Lipinski definition) is 3. The molecule has 0 aliphatic heterocycles. The Labute approximate surface area is 107 Å². The lowest BCUT2D eigenvalue weighted by atomic mass is 9.97. The van der Waals surface area contributed by atoms with Crippen molar-refractivity contribution in [3.63, 3.8) is 0 Å². The molecule has 0 aromatic carbocycles. The van der Waals surface area contributed by atoms with Crippen LogP contribution in [-0.4, -0.2) is 45.2 Å². The fourth-order valence-electron chi connectivity index (χ4n) is 1.63. The molecule has 0 saturated heterocycles. The van der Waals surface area contributed by atoms with E-state index in [0.29, 0.717) is 6.54 Å². The van der Waals surface area contributed by atoms with E-state index in [0.717, 1.165) is 25.9 Å². The minimum absolute atomic E-state index is 0.00554. The van der Waals surface area contributed by atoms with E-state index in [9.17, 15) is 8.42 Å². The molecule has 5 heteroatoms. The van der Waals surface area contributed by atoms with Crippen molar-refractivity contribution in [2.24, 2.45) is 5.41 Å². The summed E-state index contributed by atoms with van der Waals surface area (Å²) in [4.78, 5) is 0. The third kappa shape index (κ3) is 8.57. The highest BCUT2D eigenvalue weighted by Crippen LogP contribution is 2.16. The first-order valence-electron chi connectivity index (χ1n) is 6.34. The Kier molecular flexibility index (Phi) is 7.28. The largest absolute Gasteiger partial charge is 0.317 e. The van der Waals surface area contributed by atoms with Gasteiger partial charge in [0.25, 0.3) is 0 Å². The average molecular weight is 264 g/mol. The van der Waals surface area contributed by atoms with Crippen LogP contribution in [0.5, 0.6) is 0 Å². The Morgan fingerprint density at radius 3 is 2.24 bits per heavy atom. The van der Waals surface area contributed by atoms with Gasteiger partial charge in [0.2, 0.25) is 10.0 Å². The van der Waals surface area contributed by atoms with Crippen LogP contribution in [0.2, 0.25) is 0 Å². The maximum atomic E-state index is 11.9. The van der Waals surface area contributed by atoms with E-state index in [2.05, 4.69) is 5.32 Å². The third-order valence-electron chi connectivity index (χ3n) is 2.43. The second-order valence-electron chi connectivity index (χ2n) is 5.69. The molecule has 0 rings (SSSR count). The summed E-state index contributed by atoms with van der Waals surface area (Å²) in [5.74, 6) is 0.255. The highest BCUT2D eigenvalue weighted by atomic mass is 32.2. The van der Waals surface area contributed by atoms with Crippen molar-refractivity contribution in [2.75, 3.05) is 32.4 Å². The normalized spacial score (nSPS) is 13.3. The summed E-state index contributed by atoms with van der Waals surface area (Å²) >= 11 is 0. The van der Waals surface area contributed by atoms with Gasteiger partial charge in [-0.1, -0.05) is 27.7 Å². The molecular formula is C12H28N2O2S. The van der Waals surface area contributed by atoms with Crippen LogP contribution in [0.1, 0.15) is 40.5 Å². The van der Waals surface area contributed by atoms with E-state index in [1.807, 2.05) is 27.7 Å². The Hall–Kier alpha value is -0.130.